The summed E-state index contributed by atoms with van der Waals surface area (Å²) in [5, 5.41) is 3.86. The van der Waals surface area contributed by atoms with Crippen LogP contribution in [0.2, 0.25) is 0 Å². The Bertz CT molecular complexity index is 314. The zero-order chi connectivity index (χ0) is 14.7. The highest BCUT2D eigenvalue weighted by Crippen LogP contribution is 2.29. The number of nitrogens with one attached hydrogen (secondary N) is 1. The summed E-state index contributed by atoms with van der Waals surface area (Å²) in [5.74, 6) is 1.71. The molecule has 0 radical (unpaired) electrons. The molecule has 2 fully saturated rings. The van der Waals surface area contributed by atoms with Gasteiger partial charge in [0.2, 0.25) is 0 Å². The topological polar surface area (TPSA) is 35.6 Å². The summed E-state index contributed by atoms with van der Waals surface area (Å²) in [5.41, 5.74) is 0. The van der Waals surface area contributed by atoms with Crippen molar-refractivity contribution >= 4 is 6.03 Å². The van der Waals surface area contributed by atoms with E-state index in [9.17, 15) is 4.79 Å². The Labute approximate surface area is 123 Å². The molecule has 0 aromatic heterocycles. The SMILES string of the molecule is CC1CC(C)CC(NC2CCN(C(=O)N(C)C)CC2)C1. The lowest BCUT2D eigenvalue weighted by Gasteiger charge is -2.38. The van der Waals surface area contributed by atoms with E-state index in [1.165, 1.54) is 19.3 Å². The van der Waals surface area contributed by atoms with Gasteiger partial charge in [0, 0.05) is 39.3 Å². The summed E-state index contributed by atoms with van der Waals surface area (Å²) in [6, 6.07) is 1.45. The molecule has 1 aliphatic carbocycles. The number of carbonyl (C=O) groups excluding carboxylic acids is 1. The van der Waals surface area contributed by atoms with Gasteiger partial charge in [0.05, 0.1) is 0 Å². The Hall–Kier alpha value is -0.770. The smallest absolute Gasteiger partial charge is 0.319 e. The maximum atomic E-state index is 11.9. The van der Waals surface area contributed by atoms with Gasteiger partial charge in [-0.2, -0.15) is 0 Å². The number of rotatable bonds is 2. The van der Waals surface area contributed by atoms with Crippen LogP contribution in [0.1, 0.15) is 46.0 Å². The summed E-state index contributed by atoms with van der Waals surface area (Å²) in [7, 11) is 3.66. The van der Waals surface area contributed by atoms with Crippen LogP contribution in [-0.2, 0) is 0 Å². The molecule has 0 aromatic carbocycles. The lowest BCUT2D eigenvalue weighted by molar-refractivity contribution is 0.144. The quantitative estimate of drug-likeness (QED) is 0.844. The highest BCUT2D eigenvalue weighted by atomic mass is 16.2. The van der Waals surface area contributed by atoms with Crippen LogP contribution in [0.25, 0.3) is 0 Å². The average Bonchev–Trinajstić information content (AvgIpc) is 2.37. The molecule has 4 heteroatoms. The van der Waals surface area contributed by atoms with Gasteiger partial charge in [-0.1, -0.05) is 13.8 Å². The largest absolute Gasteiger partial charge is 0.331 e. The molecule has 2 atom stereocenters. The van der Waals surface area contributed by atoms with E-state index in [-0.39, 0.29) is 6.03 Å². The predicted octanol–water partition coefficient (Wildman–Crippen LogP) is 2.55. The van der Waals surface area contributed by atoms with Crippen LogP contribution >= 0.6 is 0 Å². The van der Waals surface area contributed by atoms with Crippen LogP contribution in [0, 0.1) is 11.8 Å². The second-order valence-electron chi connectivity index (χ2n) is 7.22. The molecule has 1 aliphatic heterocycles. The molecule has 1 saturated carbocycles. The summed E-state index contributed by atoms with van der Waals surface area (Å²) >= 11 is 0. The van der Waals surface area contributed by atoms with Crippen molar-refractivity contribution in [3.8, 4) is 0 Å². The average molecular weight is 281 g/mol. The van der Waals surface area contributed by atoms with Crippen molar-refractivity contribution in [2.24, 2.45) is 11.8 Å². The number of piperidine rings is 1. The van der Waals surface area contributed by atoms with Gasteiger partial charge in [-0.3, -0.25) is 0 Å². The number of amides is 2. The predicted molar refractivity (Wildman–Crippen MR) is 82.8 cm³/mol. The van der Waals surface area contributed by atoms with Gasteiger partial charge in [0.15, 0.2) is 0 Å². The molecule has 116 valence electrons. The van der Waals surface area contributed by atoms with Crippen molar-refractivity contribution < 1.29 is 4.79 Å². The van der Waals surface area contributed by atoms with Gasteiger partial charge in [0.1, 0.15) is 0 Å². The van der Waals surface area contributed by atoms with Crippen molar-refractivity contribution in [1.29, 1.82) is 0 Å². The first-order valence-corrected chi connectivity index (χ1v) is 8.18. The summed E-state index contributed by atoms with van der Waals surface area (Å²) in [6.45, 7) is 6.55. The van der Waals surface area contributed by atoms with Crippen LogP contribution in [0.15, 0.2) is 0 Å². The van der Waals surface area contributed by atoms with Crippen molar-refractivity contribution in [3.05, 3.63) is 0 Å². The molecule has 0 aromatic rings. The molecular weight excluding hydrogens is 250 g/mol. The molecule has 2 aliphatic rings. The van der Waals surface area contributed by atoms with Gasteiger partial charge >= 0.3 is 6.03 Å². The molecule has 1 saturated heterocycles. The van der Waals surface area contributed by atoms with Crippen LogP contribution in [0.3, 0.4) is 0 Å². The highest BCUT2D eigenvalue weighted by Gasteiger charge is 2.28. The number of nitrogens with zero attached hydrogens (tertiary/aromatic N) is 2. The zero-order valence-electron chi connectivity index (χ0n) is 13.6. The van der Waals surface area contributed by atoms with Gasteiger partial charge in [-0.25, -0.2) is 4.79 Å². The van der Waals surface area contributed by atoms with E-state index in [4.69, 9.17) is 0 Å². The standard InChI is InChI=1S/C16H31N3O/c1-12-9-13(2)11-15(10-12)17-14-5-7-19(8-6-14)16(20)18(3)4/h12-15,17H,5-11H2,1-4H3. The van der Waals surface area contributed by atoms with Gasteiger partial charge < -0.3 is 15.1 Å². The molecule has 1 heterocycles. The number of likely N-dealkylation sites (tertiary alicyclic amines) is 1. The number of hydrogen-bond donors (Lipinski definition) is 1. The van der Waals surface area contributed by atoms with Crippen LogP contribution < -0.4 is 5.32 Å². The molecule has 2 unspecified atom stereocenters. The molecule has 0 spiro atoms. The fourth-order valence-electron chi connectivity index (χ4n) is 3.94. The second-order valence-corrected chi connectivity index (χ2v) is 7.22. The summed E-state index contributed by atoms with van der Waals surface area (Å²) in [4.78, 5) is 15.6. The van der Waals surface area contributed by atoms with Gasteiger partial charge in [-0.05, 0) is 43.9 Å². The summed E-state index contributed by atoms with van der Waals surface area (Å²) in [6.07, 6.45) is 6.22. The van der Waals surface area contributed by atoms with E-state index in [1.807, 2.05) is 19.0 Å². The lowest BCUT2D eigenvalue weighted by atomic mass is 9.80. The maximum absolute atomic E-state index is 11.9. The van der Waals surface area contributed by atoms with Crippen LogP contribution in [0.4, 0.5) is 4.79 Å². The molecule has 4 nitrogen and oxygen atoms in total. The van der Waals surface area contributed by atoms with Crippen molar-refractivity contribution in [2.75, 3.05) is 27.2 Å². The zero-order valence-corrected chi connectivity index (χ0v) is 13.6. The van der Waals surface area contributed by atoms with Crippen molar-refractivity contribution in [2.45, 2.75) is 58.0 Å². The van der Waals surface area contributed by atoms with Crippen LogP contribution in [0.5, 0.6) is 0 Å². The number of hydrogen-bond acceptors (Lipinski definition) is 2. The fourth-order valence-corrected chi connectivity index (χ4v) is 3.94. The monoisotopic (exact) mass is 281 g/mol. The first-order valence-electron chi connectivity index (χ1n) is 8.18. The van der Waals surface area contributed by atoms with Gasteiger partial charge in [0.25, 0.3) is 0 Å². The Morgan fingerprint density at radius 3 is 2.05 bits per heavy atom. The molecule has 0 bridgehead atoms. The van der Waals surface area contributed by atoms with E-state index in [0.717, 1.165) is 37.8 Å². The van der Waals surface area contributed by atoms with Crippen molar-refractivity contribution in [3.63, 3.8) is 0 Å². The first-order chi connectivity index (χ1) is 9.45. The first kappa shape index (κ1) is 15.6. The van der Waals surface area contributed by atoms with E-state index >= 15 is 0 Å². The minimum absolute atomic E-state index is 0.156. The lowest BCUT2D eigenvalue weighted by Crippen LogP contribution is -2.51. The molecule has 20 heavy (non-hydrogen) atoms. The Morgan fingerprint density at radius 1 is 1.00 bits per heavy atom. The summed E-state index contributed by atoms with van der Waals surface area (Å²) < 4.78 is 0. The second kappa shape index (κ2) is 6.79. The third-order valence-electron chi connectivity index (χ3n) is 4.80. The normalized spacial score (nSPS) is 32.2. The Balaban J connectivity index is 1.75. The maximum Gasteiger partial charge on any atom is 0.319 e. The Morgan fingerprint density at radius 2 is 1.55 bits per heavy atom. The molecule has 2 rings (SSSR count). The highest BCUT2D eigenvalue weighted by molar-refractivity contribution is 5.73. The van der Waals surface area contributed by atoms with Crippen LogP contribution in [-0.4, -0.2) is 55.1 Å². The minimum atomic E-state index is 0.156. The Kier molecular flexibility index (Phi) is 5.30. The van der Waals surface area contributed by atoms with E-state index < -0.39 is 0 Å². The third-order valence-corrected chi connectivity index (χ3v) is 4.80. The molecule has 2 amide bonds. The number of carbonyl (C=O) groups is 1. The fraction of sp³-hybridized carbons (Fsp3) is 0.938. The molecule has 1 N–H and O–H groups in total. The minimum Gasteiger partial charge on any atom is -0.331 e. The van der Waals surface area contributed by atoms with E-state index in [2.05, 4.69) is 19.2 Å². The molecular formula is C16H31N3O. The van der Waals surface area contributed by atoms with Crippen molar-refractivity contribution in [1.82, 2.24) is 15.1 Å². The number of urea groups is 1. The van der Waals surface area contributed by atoms with Gasteiger partial charge in [-0.15, -0.1) is 0 Å². The third kappa shape index (κ3) is 4.11. The van der Waals surface area contributed by atoms with E-state index in [0.29, 0.717) is 12.1 Å². The van der Waals surface area contributed by atoms with E-state index in [1.54, 1.807) is 4.90 Å².